The van der Waals surface area contributed by atoms with Crippen LogP contribution in [0.15, 0.2) is 35.5 Å². The van der Waals surface area contributed by atoms with Crippen LogP contribution in [0, 0.1) is 0 Å². The van der Waals surface area contributed by atoms with Gasteiger partial charge >= 0.3 is 0 Å². The van der Waals surface area contributed by atoms with Crippen LogP contribution in [-0.4, -0.2) is 30.1 Å². The number of hydrogen-bond donors (Lipinski definition) is 2. The van der Waals surface area contributed by atoms with Crippen molar-refractivity contribution in [3.63, 3.8) is 0 Å². The maximum absolute atomic E-state index is 12.2. The molecule has 2 N–H and O–H groups in total. The second kappa shape index (κ2) is 6.82. The summed E-state index contributed by atoms with van der Waals surface area (Å²) in [6.07, 6.45) is 2.91. The maximum Gasteiger partial charge on any atom is 0.240 e. The number of aromatic amines is 1. The van der Waals surface area contributed by atoms with Crippen molar-refractivity contribution in [3.8, 4) is 0 Å². The van der Waals surface area contributed by atoms with Crippen molar-refractivity contribution in [1.82, 2.24) is 19.9 Å². The molecule has 0 radical (unpaired) electrons. The van der Waals surface area contributed by atoms with Gasteiger partial charge in [0, 0.05) is 13.0 Å². The topological polar surface area (TPSA) is 87.7 Å². The SMILES string of the molecule is CCC(C)c1ccc(S(=O)(=O)NCCc2ncn[nH]2)cc1. The molecule has 1 atom stereocenters. The fourth-order valence-electron chi connectivity index (χ4n) is 1.95. The van der Waals surface area contributed by atoms with Gasteiger partial charge in [-0.05, 0) is 30.0 Å². The molecular formula is C14H20N4O2S. The third-order valence-corrected chi connectivity index (χ3v) is 4.97. The Balaban J connectivity index is 1.98. The largest absolute Gasteiger partial charge is 0.263 e. The van der Waals surface area contributed by atoms with Crippen LogP contribution in [0.5, 0.6) is 0 Å². The number of benzene rings is 1. The first-order valence-electron chi connectivity index (χ1n) is 6.97. The maximum atomic E-state index is 12.2. The molecule has 0 saturated carbocycles. The lowest BCUT2D eigenvalue weighted by molar-refractivity contribution is 0.580. The van der Waals surface area contributed by atoms with Crippen LogP contribution in [0.3, 0.4) is 0 Å². The van der Waals surface area contributed by atoms with Crippen molar-refractivity contribution in [2.45, 2.75) is 37.5 Å². The first-order valence-corrected chi connectivity index (χ1v) is 8.45. The van der Waals surface area contributed by atoms with Gasteiger partial charge in [0.15, 0.2) is 0 Å². The van der Waals surface area contributed by atoms with E-state index in [0.29, 0.717) is 18.2 Å². The quantitative estimate of drug-likeness (QED) is 0.817. The molecule has 0 aliphatic rings. The van der Waals surface area contributed by atoms with Gasteiger partial charge in [0.1, 0.15) is 12.2 Å². The molecular weight excluding hydrogens is 288 g/mol. The van der Waals surface area contributed by atoms with E-state index in [1.54, 1.807) is 12.1 Å². The molecule has 1 unspecified atom stereocenters. The molecule has 0 aliphatic carbocycles. The Morgan fingerprint density at radius 1 is 1.29 bits per heavy atom. The van der Waals surface area contributed by atoms with Gasteiger partial charge < -0.3 is 0 Å². The summed E-state index contributed by atoms with van der Waals surface area (Å²) in [6, 6.07) is 7.05. The van der Waals surface area contributed by atoms with Crippen molar-refractivity contribution in [2.24, 2.45) is 0 Å². The normalized spacial score (nSPS) is 13.2. The highest BCUT2D eigenvalue weighted by atomic mass is 32.2. The van der Waals surface area contributed by atoms with E-state index in [2.05, 4.69) is 33.8 Å². The van der Waals surface area contributed by atoms with Gasteiger partial charge in [-0.15, -0.1) is 0 Å². The molecule has 21 heavy (non-hydrogen) atoms. The zero-order chi connectivity index (χ0) is 15.3. The molecule has 0 saturated heterocycles. The first-order chi connectivity index (χ1) is 10.0. The van der Waals surface area contributed by atoms with E-state index >= 15 is 0 Å². The molecule has 2 aromatic rings. The zero-order valence-corrected chi connectivity index (χ0v) is 13.0. The van der Waals surface area contributed by atoms with E-state index in [1.807, 2.05) is 12.1 Å². The number of sulfonamides is 1. The van der Waals surface area contributed by atoms with E-state index in [1.165, 1.54) is 6.33 Å². The third kappa shape index (κ3) is 4.12. The summed E-state index contributed by atoms with van der Waals surface area (Å²) >= 11 is 0. The summed E-state index contributed by atoms with van der Waals surface area (Å²) in [4.78, 5) is 4.23. The summed E-state index contributed by atoms with van der Waals surface area (Å²) in [7, 11) is -3.47. The van der Waals surface area contributed by atoms with Gasteiger partial charge in [-0.3, -0.25) is 5.10 Å². The average molecular weight is 308 g/mol. The van der Waals surface area contributed by atoms with Gasteiger partial charge in [-0.2, -0.15) is 5.10 Å². The minimum atomic E-state index is -3.47. The predicted octanol–water partition coefficient (Wildman–Crippen LogP) is 1.84. The molecule has 7 heteroatoms. The van der Waals surface area contributed by atoms with Crippen LogP contribution in [-0.2, 0) is 16.4 Å². The Labute approximate surface area is 125 Å². The molecule has 0 fully saturated rings. The third-order valence-electron chi connectivity index (χ3n) is 3.49. The van der Waals surface area contributed by atoms with E-state index < -0.39 is 10.0 Å². The molecule has 0 bridgehead atoms. The molecule has 0 amide bonds. The molecule has 2 rings (SSSR count). The van der Waals surface area contributed by atoms with Crippen LogP contribution in [0.1, 0.15) is 37.6 Å². The summed E-state index contributed by atoms with van der Waals surface area (Å²) in [5.74, 6) is 1.09. The zero-order valence-electron chi connectivity index (χ0n) is 12.2. The van der Waals surface area contributed by atoms with E-state index in [4.69, 9.17) is 0 Å². The summed E-state index contributed by atoms with van der Waals surface area (Å²) in [5, 5.41) is 6.41. The van der Waals surface area contributed by atoms with Gasteiger partial charge in [-0.1, -0.05) is 26.0 Å². The Hall–Kier alpha value is -1.73. The first kappa shape index (κ1) is 15.7. The van der Waals surface area contributed by atoms with Crippen molar-refractivity contribution in [3.05, 3.63) is 42.0 Å². The lowest BCUT2D eigenvalue weighted by Gasteiger charge is -2.10. The minimum absolute atomic E-state index is 0.282. The van der Waals surface area contributed by atoms with Crippen molar-refractivity contribution in [2.75, 3.05) is 6.54 Å². The predicted molar refractivity (Wildman–Crippen MR) is 80.4 cm³/mol. The summed E-state index contributed by atoms with van der Waals surface area (Å²) in [5.41, 5.74) is 1.15. The average Bonchev–Trinajstić information content (AvgIpc) is 2.99. The standard InChI is InChI=1S/C14H20N4O2S/c1-3-11(2)12-4-6-13(7-5-12)21(19,20)17-9-8-14-15-10-16-18-14/h4-7,10-11,17H,3,8-9H2,1-2H3,(H,15,16,18). The molecule has 1 heterocycles. The highest BCUT2D eigenvalue weighted by Gasteiger charge is 2.14. The Morgan fingerprint density at radius 2 is 2.00 bits per heavy atom. The van der Waals surface area contributed by atoms with Crippen molar-refractivity contribution in [1.29, 1.82) is 0 Å². The fourth-order valence-corrected chi connectivity index (χ4v) is 2.98. The second-order valence-corrected chi connectivity index (χ2v) is 6.73. The Bertz CT molecular complexity index is 651. The number of nitrogens with one attached hydrogen (secondary N) is 2. The molecule has 6 nitrogen and oxygen atoms in total. The monoisotopic (exact) mass is 308 g/mol. The van der Waals surface area contributed by atoms with Crippen molar-refractivity contribution >= 4 is 10.0 Å². The molecule has 0 spiro atoms. The number of hydrogen-bond acceptors (Lipinski definition) is 4. The number of aromatic nitrogens is 3. The number of rotatable bonds is 7. The Morgan fingerprint density at radius 3 is 2.57 bits per heavy atom. The van der Waals surface area contributed by atoms with E-state index in [-0.39, 0.29) is 11.4 Å². The highest BCUT2D eigenvalue weighted by Crippen LogP contribution is 2.20. The lowest BCUT2D eigenvalue weighted by atomic mass is 9.99. The molecule has 0 aliphatic heterocycles. The van der Waals surface area contributed by atoms with Gasteiger partial charge in [-0.25, -0.2) is 18.1 Å². The summed E-state index contributed by atoms with van der Waals surface area (Å²) in [6.45, 7) is 4.52. The number of nitrogens with zero attached hydrogens (tertiary/aromatic N) is 2. The number of H-pyrrole nitrogens is 1. The van der Waals surface area contributed by atoms with E-state index in [9.17, 15) is 8.42 Å². The highest BCUT2D eigenvalue weighted by molar-refractivity contribution is 7.89. The van der Waals surface area contributed by atoms with E-state index in [0.717, 1.165) is 12.0 Å². The van der Waals surface area contributed by atoms with Crippen LogP contribution in [0.2, 0.25) is 0 Å². The molecule has 1 aromatic carbocycles. The fraction of sp³-hybridized carbons (Fsp3) is 0.429. The lowest BCUT2D eigenvalue weighted by Crippen LogP contribution is -2.26. The van der Waals surface area contributed by atoms with Crippen LogP contribution >= 0.6 is 0 Å². The van der Waals surface area contributed by atoms with Crippen LogP contribution in [0.4, 0.5) is 0 Å². The smallest absolute Gasteiger partial charge is 0.240 e. The van der Waals surface area contributed by atoms with Gasteiger partial charge in [0.05, 0.1) is 4.90 Å². The van der Waals surface area contributed by atoms with Gasteiger partial charge in [0.2, 0.25) is 10.0 Å². The second-order valence-electron chi connectivity index (χ2n) is 4.96. The summed E-state index contributed by atoms with van der Waals surface area (Å²) < 4.78 is 26.9. The molecule has 1 aromatic heterocycles. The van der Waals surface area contributed by atoms with Gasteiger partial charge in [0.25, 0.3) is 0 Å². The van der Waals surface area contributed by atoms with Crippen molar-refractivity contribution < 1.29 is 8.42 Å². The van der Waals surface area contributed by atoms with Crippen LogP contribution < -0.4 is 4.72 Å². The molecule has 114 valence electrons. The Kier molecular flexibility index (Phi) is 5.08. The minimum Gasteiger partial charge on any atom is -0.263 e. The van der Waals surface area contributed by atoms with Crippen LogP contribution in [0.25, 0.3) is 0 Å².